The van der Waals surface area contributed by atoms with Gasteiger partial charge in [0.15, 0.2) is 0 Å². The Morgan fingerprint density at radius 2 is 2.17 bits per heavy atom. The fourth-order valence-electron chi connectivity index (χ4n) is 3.24. The zero-order valence-corrected chi connectivity index (χ0v) is 15.9. The van der Waals surface area contributed by atoms with Crippen molar-refractivity contribution in [1.82, 2.24) is 15.2 Å². The Kier molecular flexibility index (Phi) is 7.94. The number of likely N-dealkylation sites (N-methyl/N-ethyl adjacent to an activating group) is 1. The summed E-state index contributed by atoms with van der Waals surface area (Å²) < 4.78 is 43.4. The van der Waals surface area contributed by atoms with E-state index in [1.54, 1.807) is 7.05 Å². The smallest absolute Gasteiger partial charge is 0.475 e. The summed E-state index contributed by atoms with van der Waals surface area (Å²) in [6, 6.07) is 6.00. The average Bonchev–Trinajstić information content (AvgIpc) is 3.26. The van der Waals surface area contributed by atoms with Gasteiger partial charge in [-0.2, -0.15) is 13.2 Å². The summed E-state index contributed by atoms with van der Waals surface area (Å²) >= 11 is 0. The number of rotatable bonds is 5. The monoisotopic (exact) mass is 419 g/mol. The summed E-state index contributed by atoms with van der Waals surface area (Å²) in [7, 11) is 1.62. The van der Waals surface area contributed by atoms with Crippen LogP contribution >= 0.6 is 0 Å². The first-order chi connectivity index (χ1) is 13.6. The van der Waals surface area contributed by atoms with Crippen LogP contribution in [-0.4, -0.2) is 78.1 Å². The zero-order valence-electron chi connectivity index (χ0n) is 15.9. The lowest BCUT2D eigenvalue weighted by Crippen LogP contribution is -2.33. The summed E-state index contributed by atoms with van der Waals surface area (Å²) in [6.07, 6.45) is -1.36. The van der Waals surface area contributed by atoms with Crippen LogP contribution in [0.3, 0.4) is 0 Å². The number of nitrogens with zero attached hydrogens (tertiary/aromatic N) is 2. The van der Waals surface area contributed by atoms with Crippen molar-refractivity contribution >= 4 is 11.9 Å². The number of ether oxygens (including phenoxy) is 2. The molecule has 1 amide bonds. The lowest BCUT2D eigenvalue weighted by Gasteiger charge is -2.23. The zero-order chi connectivity index (χ0) is 21.5. The second-order valence-electron chi connectivity index (χ2n) is 6.89. The maximum atomic E-state index is 11.2. The molecule has 0 aliphatic carbocycles. The SMILES string of the molecule is CNC(=O)COC1COC2(CCN(Cc3ccccn3)C2)C1.O=C(O)C(F)(F)F. The molecule has 2 saturated heterocycles. The van der Waals surface area contributed by atoms with Crippen LogP contribution in [0.25, 0.3) is 0 Å². The molecule has 1 spiro atoms. The van der Waals surface area contributed by atoms with Gasteiger partial charge in [0.2, 0.25) is 5.91 Å². The number of aliphatic carboxylic acids is 1. The number of alkyl halides is 3. The number of aromatic nitrogens is 1. The molecule has 0 bridgehead atoms. The first kappa shape index (κ1) is 23.0. The largest absolute Gasteiger partial charge is 0.490 e. The predicted octanol–water partition coefficient (Wildman–Crippen LogP) is 1.21. The number of likely N-dealkylation sites (tertiary alicyclic amines) is 1. The number of carboxylic acid groups (broad SMARTS) is 1. The van der Waals surface area contributed by atoms with Crippen LogP contribution in [0.4, 0.5) is 13.2 Å². The third-order valence-electron chi connectivity index (χ3n) is 4.65. The number of amides is 1. The predicted molar refractivity (Wildman–Crippen MR) is 94.9 cm³/mol. The van der Waals surface area contributed by atoms with Crippen LogP contribution in [0.1, 0.15) is 18.5 Å². The number of halogens is 3. The molecule has 1 aromatic rings. The Hall–Kier alpha value is -2.24. The van der Waals surface area contributed by atoms with E-state index < -0.39 is 12.1 Å². The van der Waals surface area contributed by atoms with Gasteiger partial charge in [-0.1, -0.05) is 6.07 Å². The van der Waals surface area contributed by atoms with Gasteiger partial charge >= 0.3 is 12.1 Å². The van der Waals surface area contributed by atoms with Gasteiger partial charge in [-0.15, -0.1) is 0 Å². The molecule has 2 unspecified atom stereocenters. The molecular weight excluding hydrogens is 395 g/mol. The molecule has 0 radical (unpaired) electrons. The number of carbonyl (C=O) groups is 2. The van der Waals surface area contributed by atoms with Gasteiger partial charge < -0.3 is 19.9 Å². The first-order valence-corrected chi connectivity index (χ1v) is 9.02. The van der Waals surface area contributed by atoms with E-state index in [9.17, 15) is 18.0 Å². The van der Waals surface area contributed by atoms with Crippen molar-refractivity contribution in [1.29, 1.82) is 0 Å². The third-order valence-corrected chi connectivity index (χ3v) is 4.65. The highest BCUT2D eigenvalue weighted by Crippen LogP contribution is 2.36. The van der Waals surface area contributed by atoms with Crippen LogP contribution in [0.15, 0.2) is 24.4 Å². The molecule has 162 valence electrons. The number of carbonyl (C=O) groups excluding carboxylic acids is 1. The molecule has 0 saturated carbocycles. The van der Waals surface area contributed by atoms with E-state index in [1.807, 2.05) is 18.3 Å². The first-order valence-electron chi connectivity index (χ1n) is 9.02. The highest BCUT2D eigenvalue weighted by molar-refractivity contribution is 5.76. The Bertz CT molecular complexity index is 689. The second-order valence-corrected chi connectivity index (χ2v) is 6.89. The van der Waals surface area contributed by atoms with Gasteiger partial charge in [-0.25, -0.2) is 4.79 Å². The number of carboxylic acids is 1. The van der Waals surface area contributed by atoms with E-state index in [0.29, 0.717) is 6.61 Å². The standard InChI is InChI=1S/C16H23N3O3.C2HF3O2/c1-17-15(20)11-21-14-8-16(22-10-14)5-7-19(12-16)9-13-4-2-3-6-18-13;3-2(4,5)1(6)7/h2-4,6,14H,5,7-12H2,1H3,(H,17,20);(H,6,7). The minimum atomic E-state index is -5.08. The lowest BCUT2D eigenvalue weighted by atomic mass is 9.98. The van der Waals surface area contributed by atoms with E-state index >= 15 is 0 Å². The molecular formula is C18H24F3N3O5. The van der Waals surface area contributed by atoms with Crippen LogP contribution in [0, 0.1) is 0 Å². The maximum Gasteiger partial charge on any atom is 0.490 e. The highest BCUT2D eigenvalue weighted by atomic mass is 19.4. The van der Waals surface area contributed by atoms with Crippen LogP contribution in [-0.2, 0) is 25.6 Å². The Balaban J connectivity index is 0.000000370. The number of hydrogen-bond donors (Lipinski definition) is 2. The van der Waals surface area contributed by atoms with Gasteiger partial charge in [0.1, 0.15) is 6.61 Å². The molecule has 11 heteroatoms. The van der Waals surface area contributed by atoms with Crippen molar-refractivity contribution in [2.45, 2.75) is 37.3 Å². The van der Waals surface area contributed by atoms with Gasteiger partial charge in [0.25, 0.3) is 0 Å². The molecule has 3 heterocycles. The molecule has 3 rings (SSSR count). The summed E-state index contributed by atoms with van der Waals surface area (Å²) in [5, 5.41) is 9.69. The van der Waals surface area contributed by atoms with E-state index in [0.717, 1.165) is 38.2 Å². The van der Waals surface area contributed by atoms with Crippen molar-refractivity contribution in [3.8, 4) is 0 Å². The molecule has 8 nitrogen and oxygen atoms in total. The van der Waals surface area contributed by atoms with E-state index in [1.165, 1.54) is 0 Å². The maximum absolute atomic E-state index is 11.2. The lowest BCUT2D eigenvalue weighted by molar-refractivity contribution is -0.192. The van der Waals surface area contributed by atoms with Gasteiger partial charge in [-0.3, -0.25) is 14.7 Å². The molecule has 2 aliphatic heterocycles. The molecule has 29 heavy (non-hydrogen) atoms. The van der Waals surface area contributed by atoms with Gasteiger partial charge in [-0.05, 0) is 18.6 Å². The van der Waals surface area contributed by atoms with Crippen molar-refractivity contribution in [2.75, 3.05) is 33.4 Å². The number of hydrogen-bond acceptors (Lipinski definition) is 6. The summed E-state index contributed by atoms with van der Waals surface area (Å²) in [5.41, 5.74) is 0.979. The molecule has 0 aromatic carbocycles. The normalized spacial score (nSPS) is 24.2. The van der Waals surface area contributed by atoms with Crippen LogP contribution < -0.4 is 5.32 Å². The second kappa shape index (κ2) is 9.99. The fraction of sp³-hybridized carbons (Fsp3) is 0.611. The Morgan fingerprint density at radius 3 is 2.76 bits per heavy atom. The topological polar surface area (TPSA) is 101 Å². The Labute approximate surface area is 166 Å². The van der Waals surface area contributed by atoms with E-state index in [4.69, 9.17) is 19.4 Å². The molecule has 1 aromatic heterocycles. The van der Waals surface area contributed by atoms with Crippen molar-refractivity contribution in [3.63, 3.8) is 0 Å². The highest BCUT2D eigenvalue weighted by Gasteiger charge is 2.46. The summed E-state index contributed by atoms with van der Waals surface area (Å²) in [6.45, 7) is 3.46. The minimum Gasteiger partial charge on any atom is -0.475 e. The average molecular weight is 419 g/mol. The minimum absolute atomic E-state index is 0.0205. The van der Waals surface area contributed by atoms with Crippen LogP contribution in [0.5, 0.6) is 0 Å². The number of nitrogens with one attached hydrogen (secondary N) is 1. The summed E-state index contributed by atoms with van der Waals surface area (Å²) in [4.78, 5) is 26.9. The van der Waals surface area contributed by atoms with Crippen molar-refractivity contribution < 1.29 is 37.3 Å². The van der Waals surface area contributed by atoms with Gasteiger partial charge in [0, 0.05) is 39.3 Å². The molecule has 2 aliphatic rings. The molecule has 2 atom stereocenters. The van der Waals surface area contributed by atoms with E-state index in [2.05, 4.69) is 21.3 Å². The summed E-state index contributed by atoms with van der Waals surface area (Å²) in [5.74, 6) is -2.85. The van der Waals surface area contributed by atoms with Crippen molar-refractivity contribution in [3.05, 3.63) is 30.1 Å². The van der Waals surface area contributed by atoms with E-state index in [-0.39, 0.29) is 24.2 Å². The quantitative estimate of drug-likeness (QED) is 0.740. The van der Waals surface area contributed by atoms with Crippen molar-refractivity contribution in [2.24, 2.45) is 0 Å². The molecule has 2 fully saturated rings. The Morgan fingerprint density at radius 1 is 1.45 bits per heavy atom. The number of pyridine rings is 1. The fourth-order valence-corrected chi connectivity index (χ4v) is 3.24. The van der Waals surface area contributed by atoms with Crippen LogP contribution in [0.2, 0.25) is 0 Å². The third kappa shape index (κ3) is 7.26. The molecule has 2 N–H and O–H groups in total. The van der Waals surface area contributed by atoms with Gasteiger partial charge in [0.05, 0.1) is 24.0 Å².